The molecule has 2 aliphatic heterocycles. The Labute approximate surface area is 431 Å². The monoisotopic (exact) mass is 1020 g/mol. The Kier molecular flexibility index (Phi) is 14.5. The number of rotatable bonds is 16. The van der Waals surface area contributed by atoms with Crippen LogP contribution in [0.25, 0.3) is 32.7 Å². The number of halogens is 1. The van der Waals surface area contributed by atoms with Crippen molar-refractivity contribution in [2.24, 2.45) is 5.41 Å². The maximum absolute atomic E-state index is 14.4. The number of nitrogens with zero attached hydrogens (tertiary/aromatic N) is 7. The first-order valence-electron chi connectivity index (χ1n) is 24.2. The van der Waals surface area contributed by atoms with Crippen molar-refractivity contribution >= 4 is 63.2 Å². The molecule has 0 spiro atoms. The molecule has 0 radical (unpaired) electrons. The highest BCUT2D eigenvalue weighted by molar-refractivity contribution is 7.13. The number of fused-ring (bicyclic) bond motifs is 1. The van der Waals surface area contributed by atoms with E-state index in [1.165, 1.54) is 4.90 Å². The largest absolute Gasteiger partial charge is 0.487 e. The minimum Gasteiger partial charge on any atom is -0.487 e. The quantitative estimate of drug-likeness (QED) is 0.0832. The summed E-state index contributed by atoms with van der Waals surface area (Å²) < 4.78 is 14.0. The van der Waals surface area contributed by atoms with E-state index in [2.05, 4.69) is 31.8 Å². The molecule has 3 amide bonds. The fourth-order valence-corrected chi connectivity index (χ4v) is 10.3. The van der Waals surface area contributed by atoms with E-state index >= 15 is 0 Å². The van der Waals surface area contributed by atoms with E-state index in [0.717, 1.165) is 27.3 Å². The topological polar surface area (TPSA) is 209 Å². The van der Waals surface area contributed by atoms with Crippen molar-refractivity contribution in [2.45, 2.75) is 97.2 Å². The van der Waals surface area contributed by atoms with Gasteiger partial charge < -0.3 is 34.7 Å². The lowest BCUT2D eigenvalue weighted by atomic mass is 9.85. The van der Waals surface area contributed by atoms with Crippen LogP contribution in [0.4, 0.5) is 5.82 Å². The summed E-state index contributed by atoms with van der Waals surface area (Å²) in [6.07, 6.45) is 2.66. The maximum Gasteiger partial charge on any atom is 0.287 e. The second-order valence-electron chi connectivity index (χ2n) is 20.1. The number of ketones is 1. The number of aryl methyl sites for hydroxylation is 1. The second-order valence-corrected chi connectivity index (χ2v) is 21.4. The molecule has 2 fully saturated rings. The van der Waals surface area contributed by atoms with Crippen molar-refractivity contribution in [1.82, 2.24) is 35.3 Å². The van der Waals surface area contributed by atoms with E-state index in [9.17, 15) is 24.3 Å². The molecule has 7 aromatic rings. The highest BCUT2D eigenvalue weighted by Crippen LogP contribution is 2.33. The third kappa shape index (κ3) is 11.3. The van der Waals surface area contributed by atoms with Gasteiger partial charge in [0.15, 0.2) is 11.5 Å². The summed E-state index contributed by atoms with van der Waals surface area (Å²) in [7, 11) is 0. The number of aliphatic hydroxyl groups excluding tert-OH is 1. The van der Waals surface area contributed by atoms with Crippen LogP contribution < -0.4 is 20.3 Å². The number of likely N-dealkylation sites (tertiary alicyclic amines) is 1. The molecule has 3 aromatic carbocycles. The van der Waals surface area contributed by atoms with Crippen LogP contribution in [0.2, 0.25) is 5.02 Å². The van der Waals surface area contributed by atoms with Gasteiger partial charge in [-0.05, 0) is 84.8 Å². The molecule has 9 rings (SSSR count). The summed E-state index contributed by atoms with van der Waals surface area (Å²) >= 11 is 7.79. The summed E-state index contributed by atoms with van der Waals surface area (Å²) in [4.78, 5) is 68.7. The van der Waals surface area contributed by atoms with E-state index in [1.807, 2.05) is 94.5 Å². The van der Waals surface area contributed by atoms with Crippen molar-refractivity contribution in [2.75, 3.05) is 24.5 Å². The zero-order chi connectivity index (χ0) is 51.7. The Bertz CT molecular complexity index is 3220. The van der Waals surface area contributed by atoms with Crippen LogP contribution in [-0.4, -0.2) is 103 Å². The Morgan fingerprint density at radius 3 is 2.40 bits per heavy atom. The van der Waals surface area contributed by atoms with Crippen molar-refractivity contribution in [1.29, 1.82) is 5.26 Å². The molecule has 16 nitrogen and oxygen atoms in total. The highest BCUT2D eigenvalue weighted by Gasteiger charge is 2.45. The van der Waals surface area contributed by atoms with Crippen molar-refractivity contribution < 1.29 is 33.4 Å². The van der Waals surface area contributed by atoms with Gasteiger partial charge in [0.25, 0.3) is 11.8 Å². The molecule has 4 aromatic heterocycles. The first-order valence-corrected chi connectivity index (χ1v) is 25.4. The number of hydrogen-bond acceptors (Lipinski definition) is 13. The number of carbonyl (C=O) groups is 4. The Balaban J connectivity index is 0.758. The fourth-order valence-electron chi connectivity index (χ4n) is 9.29. The van der Waals surface area contributed by atoms with E-state index in [0.29, 0.717) is 64.0 Å². The number of carbonyl (C=O) groups excluding carboxylic acids is 4. The van der Waals surface area contributed by atoms with Gasteiger partial charge in [-0.2, -0.15) is 10.4 Å². The molecule has 0 aliphatic carbocycles. The van der Waals surface area contributed by atoms with Crippen molar-refractivity contribution in [3.05, 3.63) is 136 Å². The van der Waals surface area contributed by atoms with E-state index in [-0.39, 0.29) is 54.9 Å². The number of aromatic nitrogens is 4. The van der Waals surface area contributed by atoms with Crippen LogP contribution in [0.3, 0.4) is 0 Å². The number of amides is 3. The first kappa shape index (κ1) is 50.5. The number of nitriles is 1. The average Bonchev–Trinajstić information content (AvgIpc) is 4.18. The van der Waals surface area contributed by atoms with E-state index < -0.39 is 35.4 Å². The number of Topliss-reactive ketones (excluding diaryl/α,β-unsaturated/α-hetero) is 1. The third-order valence-electron chi connectivity index (χ3n) is 13.4. The van der Waals surface area contributed by atoms with Crippen LogP contribution in [0.5, 0.6) is 5.75 Å². The molecule has 2 aliphatic rings. The predicted octanol–water partition coefficient (Wildman–Crippen LogP) is 8.60. The lowest BCUT2D eigenvalue weighted by Crippen LogP contribution is -2.56. The second kappa shape index (κ2) is 21.0. The van der Waals surface area contributed by atoms with Gasteiger partial charge in [0.05, 0.1) is 69.7 Å². The number of anilines is 1. The van der Waals surface area contributed by atoms with Gasteiger partial charge in [-0.3, -0.25) is 23.9 Å². The number of hydrogen-bond donors (Lipinski definition) is 3. The van der Waals surface area contributed by atoms with E-state index in [1.54, 1.807) is 70.7 Å². The molecular weight excluding hydrogens is 966 g/mol. The van der Waals surface area contributed by atoms with Gasteiger partial charge in [-0.1, -0.05) is 69.6 Å². The average molecular weight is 1020 g/mol. The maximum atomic E-state index is 14.4. The number of furan rings is 1. The summed E-state index contributed by atoms with van der Waals surface area (Å²) in [6, 6.07) is 25.6. The lowest BCUT2D eigenvalue weighted by Gasteiger charge is -2.39. The molecule has 2 saturated heterocycles. The Morgan fingerprint density at radius 1 is 0.945 bits per heavy atom. The number of ether oxygens (including phenoxy) is 1. The number of nitrogens with one attached hydrogen (secondary N) is 2. The van der Waals surface area contributed by atoms with Crippen LogP contribution in [0, 0.1) is 23.7 Å². The van der Waals surface area contributed by atoms with Crippen molar-refractivity contribution in [3.8, 4) is 33.5 Å². The number of β-amino-alcohol motifs (C(OH)–C–C–N with tert-alkyl or cyclic N) is 1. The Hall–Kier alpha value is -7.39. The molecule has 376 valence electrons. The van der Waals surface area contributed by atoms with Crippen molar-refractivity contribution in [3.63, 3.8) is 0 Å². The molecule has 1 unspecified atom stereocenters. The fraction of sp³-hybridized carbons (Fsp3) is 0.345. The minimum atomic E-state index is -1.03. The van der Waals surface area contributed by atoms with Crippen LogP contribution in [0.1, 0.15) is 91.1 Å². The summed E-state index contributed by atoms with van der Waals surface area (Å²) in [6.45, 7) is 12.9. The molecule has 73 heavy (non-hydrogen) atoms. The molecule has 0 saturated carbocycles. The van der Waals surface area contributed by atoms with Gasteiger partial charge in [0, 0.05) is 54.8 Å². The third-order valence-corrected chi connectivity index (χ3v) is 14.7. The molecule has 3 N–H and O–H groups in total. The van der Waals surface area contributed by atoms with Gasteiger partial charge in [0.1, 0.15) is 35.4 Å². The smallest absolute Gasteiger partial charge is 0.287 e. The Morgan fingerprint density at radius 2 is 1.71 bits per heavy atom. The minimum absolute atomic E-state index is 0.0137. The van der Waals surface area contributed by atoms with Gasteiger partial charge in [-0.15, -0.1) is 11.3 Å². The molecule has 18 heteroatoms. The summed E-state index contributed by atoms with van der Waals surface area (Å²) in [5, 5.41) is 31.5. The molecular formula is C55H56ClN9O7S. The van der Waals surface area contributed by atoms with Crippen LogP contribution in [0.15, 0.2) is 107 Å². The summed E-state index contributed by atoms with van der Waals surface area (Å²) in [5.74, 6) is -0.279. The lowest BCUT2D eigenvalue weighted by molar-refractivity contribution is -0.141. The van der Waals surface area contributed by atoms with Gasteiger partial charge in [-0.25, -0.2) is 9.97 Å². The molecule has 5 atom stereocenters. The zero-order valence-electron chi connectivity index (χ0n) is 41.3. The van der Waals surface area contributed by atoms with Crippen LogP contribution in [-0.2, 0) is 16.1 Å². The number of aliphatic hydroxyl groups is 1. The number of thiazole rings is 1. The predicted molar refractivity (Wildman–Crippen MR) is 279 cm³/mol. The summed E-state index contributed by atoms with van der Waals surface area (Å²) in [5.41, 5.74) is 6.84. The van der Waals surface area contributed by atoms with Gasteiger partial charge >= 0.3 is 0 Å². The number of pyridine rings is 1. The highest BCUT2D eigenvalue weighted by atomic mass is 35.5. The van der Waals surface area contributed by atoms with Crippen LogP contribution >= 0.6 is 22.9 Å². The zero-order valence-corrected chi connectivity index (χ0v) is 42.9. The molecule has 0 bridgehead atoms. The van der Waals surface area contributed by atoms with Gasteiger partial charge in [0.2, 0.25) is 5.91 Å². The van der Waals surface area contributed by atoms with E-state index in [4.69, 9.17) is 26.0 Å². The SMILES string of the molecule is Cc1ncsc1-c1ccc([C@H](C)CC(=O)C2C[C@@H](O)CN2C(=O)[C@@H](NC(=O)c2cc3ccc(OC4CN(c5ccc(C(=O)N[C@@H](C)Cn6ccc(-c7ccc(C#N)c(Cl)c7)n6)cn5)C4)cc3o2)C(C)(C)C)cc1. The standard InChI is InChI=1S/C55H56ClN9O7S/c1-31(34-7-9-35(10-8-34)50-33(3)59-30-73-50)19-46(67)45-22-40(66)27-65(45)54(70)51(55(4,5)6)61-53(69)48-21-37-13-15-41(23-47(37)72-48)71-42-28-63(29-42)49-16-14-39(25-58-49)52(68)60-32(2)26-64-18-17-44(62-64)36-11-12-38(24-57)43(56)20-36/h7-18,20-21,23,25,30-32,40,42,45,51,66H,19,22,26-29H2,1-6H3,(H,60,68)(H,61,69)/t31-,32+,40-,45?,51-/m1/s1. The number of benzene rings is 3. The first-order chi connectivity index (χ1) is 34.9. The normalized spacial score (nSPS) is 17.1. The molecule has 6 heterocycles.